The average molecular weight is 425 g/mol. The highest BCUT2D eigenvalue weighted by Gasteiger charge is 2.50. The molecule has 4 rings (SSSR count). The molecule has 1 aliphatic rings. The smallest absolute Gasteiger partial charge is 0.369 e. The van der Waals surface area contributed by atoms with Gasteiger partial charge in [-0.2, -0.15) is 13.2 Å². The molecule has 2 aromatic heterocycles. The van der Waals surface area contributed by atoms with Crippen molar-refractivity contribution in [2.75, 3.05) is 7.05 Å². The number of carbonyl (C=O) groups excluding carboxylic acids is 1. The van der Waals surface area contributed by atoms with Gasteiger partial charge in [0.2, 0.25) is 0 Å². The van der Waals surface area contributed by atoms with Crippen molar-refractivity contribution >= 4 is 11.9 Å². The number of carbonyl (C=O) groups is 1. The summed E-state index contributed by atoms with van der Waals surface area (Å²) in [5.74, 6) is -0.514. The summed E-state index contributed by atoms with van der Waals surface area (Å²) in [5, 5.41) is 0. The fourth-order valence-electron chi connectivity index (χ4n) is 3.66. The van der Waals surface area contributed by atoms with E-state index in [2.05, 4.69) is 15.0 Å². The zero-order valence-electron chi connectivity index (χ0n) is 16.7. The molecule has 0 aliphatic carbocycles. The Morgan fingerprint density at radius 1 is 1.03 bits per heavy atom. The maximum atomic E-state index is 13.3. The number of aliphatic imine (C=N–C) groups is 1. The van der Waals surface area contributed by atoms with Crippen molar-refractivity contribution in [3.63, 3.8) is 0 Å². The van der Waals surface area contributed by atoms with E-state index in [4.69, 9.17) is 5.73 Å². The molecule has 0 fully saturated rings. The first-order valence-corrected chi connectivity index (χ1v) is 9.34. The summed E-state index contributed by atoms with van der Waals surface area (Å²) in [6.45, 7) is 1.86. The van der Waals surface area contributed by atoms with E-state index in [1.54, 1.807) is 30.5 Å². The number of halogens is 3. The predicted octanol–water partition coefficient (Wildman–Crippen LogP) is 3.50. The van der Waals surface area contributed by atoms with Crippen LogP contribution in [0.3, 0.4) is 0 Å². The van der Waals surface area contributed by atoms with Gasteiger partial charge >= 0.3 is 6.18 Å². The molecule has 6 nitrogen and oxygen atoms in total. The second kappa shape index (κ2) is 7.19. The van der Waals surface area contributed by atoms with Gasteiger partial charge in [0.25, 0.3) is 5.91 Å². The van der Waals surface area contributed by atoms with E-state index < -0.39 is 23.3 Å². The van der Waals surface area contributed by atoms with Crippen LogP contribution in [0.25, 0.3) is 11.1 Å². The Kier molecular flexibility index (Phi) is 4.76. The third-order valence-electron chi connectivity index (χ3n) is 5.31. The Morgan fingerprint density at radius 3 is 2.39 bits per heavy atom. The Balaban J connectivity index is 1.92. The van der Waals surface area contributed by atoms with Gasteiger partial charge in [0.05, 0.1) is 0 Å². The Labute approximate surface area is 176 Å². The van der Waals surface area contributed by atoms with Crippen LogP contribution >= 0.6 is 0 Å². The lowest BCUT2D eigenvalue weighted by atomic mass is 9.82. The van der Waals surface area contributed by atoms with Crippen LogP contribution in [-0.2, 0) is 16.5 Å². The molecule has 0 spiro atoms. The molecule has 1 aromatic carbocycles. The quantitative estimate of drug-likeness (QED) is 0.696. The highest BCUT2D eigenvalue weighted by Crippen LogP contribution is 2.41. The van der Waals surface area contributed by atoms with Crippen molar-refractivity contribution < 1.29 is 18.0 Å². The van der Waals surface area contributed by atoms with Crippen LogP contribution in [0.2, 0.25) is 0 Å². The van der Waals surface area contributed by atoms with Crippen molar-refractivity contribution in [1.82, 2.24) is 14.9 Å². The number of nitrogens with two attached hydrogens (primary N) is 1. The van der Waals surface area contributed by atoms with Crippen LogP contribution in [0.1, 0.15) is 22.5 Å². The maximum absolute atomic E-state index is 13.3. The lowest BCUT2D eigenvalue weighted by molar-refractivity contribution is -0.141. The minimum absolute atomic E-state index is 0.0344. The zero-order valence-corrected chi connectivity index (χ0v) is 16.7. The highest BCUT2D eigenvalue weighted by molar-refractivity contribution is 6.09. The van der Waals surface area contributed by atoms with Gasteiger partial charge in [-0.3, -0.25) is 19.7 Å². The fraction of sp³-hybridized carbons (Fsp3) is 0.182. The summed E-state index contributed by atoms with van der Waals surface area (Å²) >= 11 is 0. The van der Waals surface area contributed by atoms with Crippen LogP contribution in [0.5, 0.6) is 0 Å². The van der Waals surface area contributed by atoms with E-state index in [9.17, 15) is 18.0 Å². The van der Waals surface area contributed by atoms with Crippen molar-refractivity contribution in [3.8, 4) is 11.1 Å². The third-order valence-corrected chi connectivity index (χ3v) is 5.31. The molecule has 3 heterocycles. The van der Waals surface area contributed by atoms with Gasteiger partial charge in [-0.05, 0) is 36.2 Å². The van der Waals surface area contributed by atoms with Gasteiger partial charge in [0.15, 0.2) is 11.5 Å². The van der Waals surface area contributed by atoms with Crippen LogP contribution in [0.4, 0.5) is 13.2 Å². The predicted molar refractivity (Wildman–Crippen MR) is 109 cm³/mol. The molecule has 0 saturated carbocycles. The molecule has 0 radical (unpaired) electrons. The van der Waals surface area contributed by atoms with Crippen molar-refractivity contribution in [2.45, 2.75) is 18.6 Å². The number of benzene rings is 1. The standard InChI is InChI=1S/C22H18F3N5O/c1-13-17(7-4-10-27-13)14-5-3-6-15(11-14)21(19(31)30(2)20(26)29-21)16-8-9-18(28-12-16)22(23,24)25/h3-12H,1-2H3,(H2,26,29). The minimum atomic E-state index is -4.60. The van der Waals surface area contributed by atoms with E-state index >= 15 is 0 Å². The summed E-state index contributed by atoms with van der Waals surface area (Å²) in [4.78, 5) is 26.7. The Hall–Kier alpha value is -3.75. The van der Waals surface area contributed by atoms with Gasteiger partial charge in [0.1, 0.15) is 5.69 Å². The van der Waals surface area contributed by atoms with Crippen LogP contribution in [0.15, 0.2) is 65.9 Å². The molecular weight excluding hydrogens is 407 g/mol. The molecule has 1 aliphatic heterocycles. The van der Waals surface area contributed by atoms with Crippen molar-refractivity contribution in [3.05, 3.63) is 83.4 Å². The normalized spacial score (nSPS) is 18.9. The number of aryl methyl sites for hydroxylation is 1. The van der Waals surface area contributed by atoms with Gasteiger partial charge in [-0.25, -0.2) is 4.99 Å². The number of aromatic nitrogens is 2. The van der Waals surface area contributed by atoms with E-state index in [1.807, 2.05) is 19.1 Å². The van der Waals surface area contributed by atoms with Crippen LogP contribution < -0.4 is 5.73 Å². The molecule has 3 aromatic rings. The number of likely N-dealkylation sites (N-methyl/N-ethyl adjacent to an activating group) is 1. The molecule has 2 N–H and O–H groups in total. The van der Waals surface area contributed by atoms with Crippen LogP contribution in [0, 0.1) is 6.92 Å². The molecule has 31 heavy (non-hydrogen) atoms. The monoisotopic (exact) mass is 425 g/mol. The number of nitrogens with zero attached hydrogens (tertiary/aromatic N) is 4. The second-order valence-corrected chi connectivity index (χ2v) is 7.19. The lowest BCUT2D eigenvalue weighted by Crippen LogP contribution is -2.41. The van der Waals surface area contributed by atoms with E-state index in [0.717, 1.165) is 29.1 Å². The number of pyridine rings is 2. The maximum Gasteiger partial charge on any atom is 0.433 e. The summed E-state index contributed by atoms with van der Waals surface area (Å²) in [6.07, 6.45) is -1.89. The first kappa shape index (κ1) is 20.5. The SMILES string of the molecule is Cc1ncccc1-c1cccc(C2(c3ccc(C(F)(F)F)nc3)N=C(N)N(C)C2=O)c1. The van der Waals surface area contributed by atoms with Gasteiger partial charge in [-0.15, -0.1) is 0 Å². The number of hydrogen-bond acceptors (Lipinski definition) is 5. The van der Waals surface area contributed by atoms with E-state index in [-0.39, 0.29) is 11.5 Å². The topological polar surface area (TPSA) is 84.5 Å². The van der Waals surface area contributed by atoms with Crippen molar-refractivity contribution in [2.24, 2.45) is 10.7 Å². The first-order valence-electron chi connectivity index (χ1n) is 9.34. The van der Waals surface area contributed by atoms with Gasteiger partial charge in [0, 0.05) is 36.3 Å². The largest absolute Gasteiger partial charge is 0.433 e. The molecule has 0 bridgehead atoms. The molecule has 158 valence electrons. The summed E-state index contributed by atoms with van der Waals surface area (Å²) in [6, 6.07) is 12.8. The fourth-order valence-corrected chi connectivity index (χ4v) is 3.66. The molecule has 0 saturated heterocycles. The number of amides is 1. The first-order chi connectivity index (χ1) is 14.6. The van der Waals surface area contributed by atoms with E-state index in [0.29, 0.717) is 5.56 Å². The van der Waals surface area contributed by atoms with Crippen molar-refractivity contribution in [1.29, 1.82) is 0 Å². The number of guanidine groups is 1. The van der Waals surface area contributed by atoms with Crippen LogP contribution in [-0.4, -0.2) is 33.8 Å². The Morgan fingerprint density at radius 2 is 1.81 bits per heavy atom. The molecule has 1 atom stereocenters. The molecular formula is C22H18F3N5O. The van der Waals surface area contributed by atoms with Gasteiger partial charge < -0.3 is 5.73 Å². The molecule has 1 amide bonds. The number of alkyl halides is 3. The van der Waals surface area contributed by atoms with Gasteiger partial charge in [-0.1, -0.05) is 30.3 Å². The zero-order chi connectivity index (χ0) is 22.4. The lowest BCUT2D eigenvalue weighted by Gasteiger charge is -2.26. The summed E-state index contributed by atoms with van der Waals surface area (Å²) in [5.41, 5.74) is 6.35. The minimum Gasteiger partial charge on any atom is -0.369 e. The third kappa shape index (κ3) is 3.31. The second-order valence-electron chi connectivity index (χ2n) is 7.19. The molecule has 1 unspecified atom stereocenters. The summed E-state index contributed by atoms with van der Waals surface area (Å²) < 4.78 is 39.0. The number of hydrogen-bond donors (Lipinski definition) is 1. The average Bonchev–Trinajstić information content (AvgIpc) is 2.98. The Bertz CT molecular complexity index is 1190. The van der Waals surface area contributed by atoms with E-state index in [1.165, 1.54) is 18.0 Å². The highest BCUT2D eigenvalue weighted by atomic mass is 19.4. The molecule has 9 heteroatoms. The summed E-state index contributed by atoms with van der Waals surface area (Å²) in [7, 11) is 1.47. The number of rotatable bonds is 3.